The van der Waals surface area contributed by atoms with Crippen LogP contribution in [0.25, 0.3) is 0 Å². The molecule has 3 aromatic rings. The minimum Gasteiger partial charge on any atom is -0.348 e. The van der Waals surface area contributed by atoms with E-state index in [-0.39, 0.29) is 5.78 Å². The van der Waals surface area contributed by atoms with Crippen molar-refractivity contribution in [3.63, 3.8) is 0 Å². The highest BCUT2D eigenvalue weighted by Gasteiger charge is 2.19. The van der Waals surface area contributed by atoms with Crippen LogP contribution in [0, 0.1) is 0 Å². The number of carbonyl (C=O) groups excluding carboxylic acids is 1. The van der Waals surface area contributed by atoms with Crippen molar-refractivity contribution in [1.82, 2.24) is 0 Å². The Bertz CT molecular complexity index is 1120. The molecule has 0 aromatic heterocycles. The van der Waals surface area contributed by atoms with E-state index >= 15 is 0 Å². The number of hydrogen-bond acceptors (Lipinski definition) is 3. The minimum absolute atomic E-state index is 0.0864. The molecule has 3 nitrogen and oxygen atoms in total. The lowest BCUT2D eigenvalue weighted by atomic mass is 9.95. The maximum absolute atomic E-state index is 12.9. The lowest BCUT2D eigenvalue weighted by Gasteiger charge is -2.13. The molecule has 4 rings (SSSR count). The zero-order chi connectivity index (χ0) is 19.7. The number of rotatable bonds is 3. The van der Waals surface area contributed by atoms with Gasteiger partial charge in [0, 0.05) is 38.0 Å². The van der Waals surface area contributed by atoms with Crippen LogP contribution in [0.5, 0.6) is 0 Å². The van der Waals surface area contributed by atoms with Crippen molar-refractivity contribution in [2.45, 2.75) is 0 Å². The third kappa shape index (κ3) is 3.85. The summed E-state index contributed by atoms with van der Waals surface area (Å²) in [5.41, 5.74) is 4.37. The number of anilines is 1. The molecule has 1 N–H and O–H groups in total. The SMILES string of the molecule is O=C(c1ccc(Cl)cc1)c1ccc2c(c1)C(c1cccc(Cl)c1)=NCC(=S)N2. The smallest absolute Gasteiger partial charge is 0.193 e. The first-order valence-corrected chi connectivity index (χ1v) is 9.72. The second-order valence-electron chi connectivity index (χ2n) is 6.32. The fraction of sp³-hybridized carbons (Fsp3) is 0.0455. The summed E-state index contributed by atoms with van der Waals surface area (Å²) in [7, 11) is 0. The van der Waals surface area contributed by atoms with Crippen LogP contribution in [0.15, 0.2) is 71.7 Å². The van der Waals surface area contributed by atoms with Gasteiger partial charge in [0.2, 0.25) is 0 Å². The van der Waals surface area contributed by atoms with E-state index in [1.807, 2.05) is 36.4 Å². The van der Waals surface area contributed by atoms with Gasteiger partial charge in [-0.05, 0) is 54.6 Å². The third-order valence-corrected chi connectivity index (χ3v) is 5.11. The van der Waals surface area contributed by atoms with Crippen LogP contribution < -0.4 is 5.32 Å². The highest BCUT2D eigenvalue weighted by atomic mass is 35.5. The first-order valence-electron chi connectivity index (χ1n) is 8.56. The number of nitrogens with zero attached hydrogens (tertiary/aromatic N) is 1. The maximum atomic E-state index is 12.9. The molecular formula is C22H14Cl2N2OS. The largest absolute Gasteiger partial charge is 0.348 e. The monoisotopic (exact) mass is 424 g/mol. The lowest BCUT2D eigenvalue weighted by molar-refractivity contribution is 0.103. The van der Waals surface area contributed by atoms with Gasteiger partial charge >= 0.3 is 0 Å². The van der Waals surface area contributed by atoms with Crippen molar-refractivity contribution < 1.29 is 4.79 Å². The van der Waals surface area contributed by atoms with E-state index in [1.54, 1.807) is 30.3 Å². The molecule has 0 radical (unpaired) electrons. The molecule has 0 saturated carbocycles. The van der Waals surface area contributed by atoms with E-state index in [0.29, 0.717) is 32.7 Å². The van der Waals surface area contributed by atoms with Gasteiger partial charge in [0.15, 0.2) is 5.78 Å². The number of fused-ring (bicyclic) bond motifs is 1. The number of carbonyl (C=O) groups is 1. The molecule has 3 aromatic carbocycles. The number of ketones is 1. The number of halogens is 2. The number of benzodiazepines with no additional fused rings is 1. The summed E-state index contributed by atoms with van der Waals surface area (Å²) in [5, 5.41) is 4.41. The topological polar surface area (TPSA) is 41.5 Å². The van der Waals surface area contributed by atoms with Gasteiger partial charge in [-0.3, -0.25) is 9.79 Å². The summed E-state index contributed by atoms with van der Waals surface area (Å²) in [5.74, 6) is -0.0864. The van der Waals surface area contributed by atoms with Gasteiger partial charge in [-0.25, -0.2) is 0 Å². The van der Waals surface area contributed by atoms with Crippen molar-refractivity contribution >= 4 is 57.6 Å². The van der Waals surface area contributed by atoms with Crippen molar-refractivity contribution in [2.75, 3.05) is 11.9 Å². The molecule has 0 unspecified atom stereocenters. The third-order valence-electron chi connectivity index (χ3n) is 4.40. The number of thiocarbonyl (C=S) groups is 1. The summed E-state index contributed by atoms with van der Waals surface area (Å²) in [6.45, 7) is 0.367. The Kier molecular flexibility index (Phi) is 5.27. The molecule has 0 saturated heterocycles. The summed E-state index contributed by atoms with van der Waals surface area (Å²) in [6.07, 6.45) is 0. The molecule has 28 heavy (non-hydrogen) atoms. The van der Waals surface area contributed by atoms with Crippen molar-refractivity contribution in [3.05, 3.63) is 99.0 Å². The van der Waals surface area contributed by atoms with Gasteiger partial charge in [-0.2, -0.15) is 0 Å². The molecule has 138 valence electrons. The Morgan fingerprint density at radius 1 is 0.929 bits per heavy atom. The fourth-order valence-corrected chi connectivity index (χ4v) is 3.56. The molecule has 0 amide bonds. The number of nitrogens with one attached hydrogen (secondary N) is 1. The maximum Gasteiger partial charge on any atom is 0.193 e. The number of aliphatic imine (C=N–C) groups is 1. The highest BCUT2D eigenvalue weighted by molar-refractivity contribution is 7.80. The molecule has 0 fully saturated rings. The average molecular weight is 425 g/mol. The summed E-state index contributed by atoms with van der Waals surface area (Å²) in [4.78, 5) is 18.2. The molecule has 1 aliphatic heterocycles. The van der Waals surface area contributed by atoms with E-state index in [1.165, 1.54) is 0 Å². The van der Waals surface area contributed by atoms with Crippen LogP contribution in [-0.4, -0.2) is 23.0 Å². The quantitative estimate of drug-likeness (QED) is 0.425. The molecule has 1 heterocycles. The molecule has 0 spiro atoms. The van der Waals surface area contributed by atoms with Crippen LogP contribution >= 0.6 is 35.4 Å². The summed E-state index contributed by atoms with van der Waals surface area (Å²) >= 11 is 17.5. The van der Waals surface area contributed by atoms with E-state index in [4.69, 9.17) is 35.4 Å². The van der Waals surface area contributed by atoms with Crippen LogP contribution in [0.2, 0.25) is 10.0 Å². The predicted molar refractivity (Wildman–Crippen MR) is 120 cm³/mol. The van der Waals surface area contributed by atoms with Crippen molar-refractivity contribution in [1.29, 1.82) is 0 Å². The Morgan fingerprint density at radius 3 is 2.43 bits per heavy atom. The van der Waals surface area contributed by atoms with Gasteiger partial charge in [0.05, 0.1) is 12.3 Å². The Morgan fingerprint density at radius 2 is 1.68 bits per heavy atom. The molecular weight excluding hydrogens is 411 g/mol. The Labute approximate surface area is 178 Å². The predicted octanol–water partition coefficient (Wildman–Crippen LogP) is 5.81. The molecule has 0 bridgehead atoms. The normalized spacial score (nSPS) is 13.2. The van der Waals surface area contributed by atoms with E-state index in [9.17, 15) is 4.79 Å². The summed E-state index contributed by atoms with van der Waals surface area (Å²) in [6, 6.07) is 19.8. The fourth-order valence-electron chi connectivity index (χ4n) is 3.07. The van der Waals surface area contributed by atoms with Crippen LogP contribution in [-0.2, 0) is 0 Å². The molecule has 0 aliphatic carbocycles. The van der Waals surface area contributed by atoms with E-state index in [2.05, 4.69) is 10.3 Å². The van der Waals surface area contributed by atoms with Gasteiger partial charge < -0.3 is 5.32 Å². The zero-order valence-corrected chi connectivity index (χ0v) is 16.9. The molecule has 6 heteroatoms. The molecule has 1 aliphatic rings. The second-order valence-corrected chi connectivity index (χ2v) is 7.69. The average Bonchev–Trinajstić information content (AvgIpc) is 2.85. The zero-order valence-electron chi connectivity index (χ0n) is 14.6. The Hall–Kier alpha value is -2.53. The second kappa shape index (κ2) is 7.84. The van der Waals surface area contributed by atoms with E-state index in [0.717, 1.165) is 22.5 Å². The van der Waals surface area contributed by atoms with E-state index < -0.39 is 0 Å². The number of benzene rings is 3. The van der Waals surface area contributed by atoms with Crippen molar-refractivity contribution in [2.24, 2.45) is 4.99 Å². The van der Waals surface area contributed by atoms with Gasteiger partial charge in [-0.15, -0.1) is 0 Å². The molecule has 0 atom stereocenters. The van der Waals surface area contributed by atoms with Gasteiger partial charge in [0.1, 0.15) is 4.99 Å². The van der Waals surface area contributed by atoms with Crippen LogP contribution in [0.4, 0.5) is 5.69 Å². The first kappa shape index (κ1) is 18.8. The summed E-state index contributed by atoms with van der Waals surface area (Å²) < 4.78 is 0. The lowest BCUT2D eigenvalue weighted by Crippen LogP contribution is -2.12. The minimum atomic E-state index is -0.0864. The van der Waals surface area contributed by atoms with Crippen molar-refractivity contribution in [3.8, 4) is 0 Å². The van der Waals surface area contributed by atoms with Gasteiger partial charge in [-0.1, -0.05) is 47.6 Å². The standard InChI is InChI=1S/C22H14Cl2N2OS/c23-16-7-4-13(5-8-16)22(27)15-6-9-19-18(11-15)21(25-12-20(28)26-19)14-2-1-3-17(24)10-14/h1-11H,12H2,(H,26,28). The first-order chi connectivity index (χ1) is 13.5. The number of hydrogen-bond donors (Lipinski definition) is 1. The van der Waals surface area contributed by atoms with Crippen LogP contribution in [0.3, 0.4) is 0 Å². The van der Waals surface area contributed by atoms with Gasteiger partial charge in [0.25, 0.3) is 0 Å². The Balaban J connectivity index is 1.82. The van der Waals surface area contributed by atoms with Crippen LogP contribution in [0.1, 0.15) is 27.0 Å². The highest BCUT2D eigenvalue weighted by Crippen LogP contribution is 2.27.